The van der Waals surface area contributed by atoms with Crippen LogP contribution in [0.3, 0.4) is 0 Å². The summed E-state index contributed by atoms with van der Waals surface area (Å²) >= 11 is 1.26. The highest BCUT2D eigenvalue weighted by atomic mass is 32.2. The molecule has 0 bridgehead atoms. The van der Waals surface area contributed by atoms with Crippen molar-refractivity contribution in [1.29, 1.82) is 0 Å². The highest BCUT2D eigenvalue weighted by molar-refractivity contribution is 8.00. The van der Waals surface area contributed by atoms with Crippen LogP contribution in [0, 0.1) is 6.92 Å². The van der Waals surface area contributed by atoms with Crippen molar-refractivity contribution in [2.45, 2.75) is 25.2 Å². The van der Waals surface area contributed by atoms with Crippen molar-refractivity contribution in [3.05, 3.63) is 101 Å². The van der Waals surface area contributed by atoms with E-state index >= 15 is 0 Å². The Bertz CT molecular complexity index is 1300. The molecule has 0 saturated heterocycles. The minimum absolute atomic E-state index is 0.0853. The van der Waals surface area contributed by atoms with Crippen LogP contribution in [0.25, 0.3) is 6.08 Å². The summed E-state index contributed by atoms with van der Waals surface area (Å²) in [5, 5.41) is 5.54. The molecule has 7 nitrogen and oxygen atoms in total. The largest absolute Gasteiger partial charge is 0.466 e. The lowest BCUT2D eigenvalue weighted by atomic mass is 10.1. The number of carbonyl (C=O) groups excluding carboxylic acids is 4. The average molecular weight is 517 g/mol. The summed E-state index contributed by atoms with van der Waals surface area (Å²) in [6.45, 7) is 3.86. The Morgan fingerprint density at radius 3 is 2.41 bits per heavy atom. The van der Waals surface area contributed by atoms with Gasteiger partial charge in [0, 0.05) is 16.1 Å². The quantitative estimate of drug-likeness (QED) is 0.161. The number of hydrogen-bond donors (Lipinski definition) is 2. The molecule has 2 N–H and O–H groups in total. The molecule has 0 spiro atoms. The Hall–Kier alpha value is -4.17. The summed E-state index contributed by atoms with van der Waals surface area (Å²) in [4.78, 5) is 50.3. The molecule has 2 amide bonds. The number of rotatable bonds is 11. The third-order valence-corrected chi connectivity index (χ3v) is 6.07. The lowest BCUT2D eigenvalue weighted by molar-refractivity contribution is -0.145. The van der Waals surface area contributed by atoms with Crippen LogP contribution in [0.4, 0.5) is 5.69 Å². The molecule has 0 aromatic heterocycles. The van der Waals surface area contributed by atoms with Gasteiger partial charge in [0.25, 0.3) is 11.8 Å². The molecule has 0 aliphatic carbocycles. The minimum atomic E-state index is -0.542. The van der Waals surface area contributed by atoms with Crippen LogP contribution in [0.15, 0.2) is 89.5 Å². The molecule has 8 heteroatoms. The maximum absolute atomic E-state index is 13.2. The van der Waals surface area contributed by atoms with Crippen LogP contribution >= 0.6 is 11.8 Å². The summed E-state index contributed by atoms with van der Waals surface area (Å²) in [5.41, 5.74) is 2.79. The Morgan fingerprint density at radius 1 is 0.919 bits per heavy atom. The molecule has 0 fully saturated rings. The number of carbonyl (C=O) groups is 4. The van der Waals surface area contributed by atoms with E-state index in [9.17, 15) is 19.2 Å². The van der Waals surface area contributed by atoms with E-state index < -0.39 is 17.8 Å². The lowest BCUT2D eigenvalue weighted by Crippen LogP contribution is -2.30. The third-order valence-electron chi connectivity index (χ3n) is 5.02. The zero-order chi connectivity index (χ0) is 26.6. The first-order valence-corrected chi connectivity index (χ1v) is 12.7. The zero-order valence-electron chi connectivity index (χ0n) is 20.7. The predicted octanol–water partition coefficient (Wildman–Crippen LogP) is 5.02. The predicted molar refractivity (Wildman–Crippen MR) is 145 cm³/mol. The number of ketones is 1. The van der Waals surface area contributed by atoms with Crippen LogP contribution in [-0.4, -0.2) is 35.9 Å². The van der Waals surface area contributed by atoms with E-state index in [2.05, 4.69) is 10.6 Å². The number of benzene rings is 3. The van der Waals surface area contributed by atoms with Crippen molar-refractivity contribution in [2.75, 3.05) is 17.7 Å². The molecule has 0 aliphatic rings. The second kappa shape index (κ2) is 13.8. The van der Waals surface area contributed by atoms with Gasteiger partial charge in [-0.05, 0) is 55.8 Å². The van der Waals surface area contributed by atoms with Crippen molar-refractivity contribution in [3.63, 3.8) is 0 Å². The number of nitrogens with one attached hydrogen (secondary N) is 2. The summed E-state index contributed by atoms with van der Waals surface area (Å²) < 4.78 is 4.80. The van der Waals surface area contributed by atoms with Crippen LogP contribution < -0.4 is 10.6 Å². The Labute approximate surface area is 220 Å². The second-order valence-corrected chi connectivity index (χ2v) is 9.13. The number of amides is 2. The van der Waals surface area contributed by atoms with E-state index in [1.165, 1.54) is 11.8 Å². The fourth-order valence-corrected chi connectivity index (χ4v) is 4.13. The van der Waals surface area contributed by atoms with Gasteiger partial charge >= 0.3 is 5.97 Å². The van der Waals surface area contributed by atoms with Gasteiger partial charge in [0.15, 0.2) is 5.78 Å². The lowest BCUT2D eigenvalue weighted by Gasteiger charge is -2.12. The van der Waals surface area contributed by atoms with Crippen LogP contribution in [0.2, 0.25) is 0 Å². The number of Topliss-reactive ketones (excluding diaryl/α,β-unsaturated/α-hetero) is 1. The maximum Gasteiger partial charge on any atom is 0.313 e. The van der Waals surface area contributed by atoms with E-state index in [1.54, 1.807) is 61.5 Å². The standard InChI is InChI=1S/C29H28N2O5S/c1-3-36-27(33)18-24(32)19-37-25-14-8-13-23(17-25)30-29(35)26(16-21-10-7-9-20(2)15-21)31-28(34)22-11-5-4-6-12-22/h4-17H,3,18-19H2,1-2H3,(H,30,35)(H,31,34)/b26-16+. The number of aryl methyl sites for hydroxylation is 1. The molecule has 0 atom stereocenters. The Morgan fingerprint density at radius 2 is 1.68 bits per heavy atom. The van der Waals surface area contributed by atoms with Crippen LogP contribution in [0.5, 0.6) is 0 Å². The molecule has 3 aromatic rings. The third kappa shape index (κ3) is 9.09. The smallest absolute Gasteiger partial charge is 0.313 e. The highest BCUT2D eigenvalue weighted by Crippen LogP contribution is 2.22. The summed E-state index contributed by atoms with van der Waals surface area (Å²) in [6, 6.07) is 23.2. The zero-order valence-corrected chi connectivity index (χ0v) is 21.5. The SMILES string of the molecule is CCOC(=O)CC(=O)CSc1cccc(NC(=O)/C(=C\c2cccc(C)c2)NC(=O)c2ccccc2)c1. The molecule has 0 saturated carbocycles. The first-order chi connectivity index (χ1) is 17.8. The summed E-state index contributed by atoms with van der Waals surface area (Å²) in [5.74, 6) is -1.59. The number of thioether (sulfide) groups is 1. The summed E-state index contributed by atoms with van der Waals surface area (Å²) in [7, 11) is 0. The van der Waals surface area contributed by atoms with Gasteiger partial charge in [-0.15, -0.1) is 11.8 Å². The number of anilines is 1. The van der Waals surface area contributed by atoms with Crippen molar-refractivity contribution >= 4 is 47.1 Å². The van der Waals surface area contributed by atoms with Crippen molar-refractivity contribution in [1.82, 2.24) is 5.32 Å². The van der Waals surface area contributed by atoms with Gasteiger partial charge in [0.05, 0.1) is 12.4 Å². The van der Waals surface area contributed by atoms with E-state index in [-0.39, 0.29) is 30.3 Å². The monoisotopic (exact) mass is 516 g/mol. The fourth-order valence-electron chi connectivity index (χ4n) is 3.32. The molecule has 37 heavy (non-hydrogen) atoms. The molecule has 0 heterocycles. The topological polar surface area (TPSA) is 102 Å². The van der Waals surface area contributed by atoms with Crippen LogP contribution in [-0.2, 0) is 19.1 Å². The molecule has 190 valence electrons. The van der Waals surface area contributed by atoms with Gasteiger partial charge < -0.3 is 15.4 Å². The average Bonchev–Trinajstić information content (AvgIpc) is 2.88. The van der Waals surface area contributed by atoms with Gasteiger partial charge in [-0.2, -0.15) is 0 Å². The van der Waals surface area contributed by atoms with Gasteiger partial charge in [-0.25, -0.2) is 0 Å². The van der Waals surface area contributed by atoms with Crippen molar-refractivity contribution in [3.8, 4) is 0 Å². The molecule has 3 rings (SSSR count). The Kier molecular flexibility index (Phi) is 10.2. The van der Waals surface area contributed by atoms with Crippen molar-refractivity contribution < 1.29 is 23.9 Å². The second-order valence-electron chi connectivity index (χ2n) is 8.08. The van der Waals surface area contributed by atoms with Crippen molar-refractivity contribution in [2.24, 2.45) is 0 Å². The van der Waals surface area contributed by atoms with E-state index in [4.69, 9.17) is 4.74 Å². The fraction of sp³-hybridized carbons (Fsp3) is 0.172. The van der Waals surface area contributed by atoms with Gasteiger partial charge in [-0.3, -0.25) is 19.2 Å². The van der Waals surface area contributed by atoms with E-state index in [1.807, 2.05) is 37.3 Å². The number of ether oxygens (including phenoxy) is 1. The van der Waals surface area contributed by atoms with Gasteiger partial charge in [0.2, 0.25) is 0 Å². The molecule has 0 unspecified atom stereocenters. The highest BCUT2D eigenvalue weighted by Gasteiger charge is 2.16. The van der Waals surface area contributed by atoms with E-state index in [0.717, 1.165) is 16.0 Å². The normalized spacial score (nSPS) is 10.9. The summed E-state index contributed by atoms with van der Waals surface area (Å²) in [6.07, 6.45) is 1.35. The maximum atomic E-state index is 13.2. The first kappa shape index (κ1) is 27.4. The Balaban J connectivity index is 1.73. The van der Waals surface area contributed by atoms with E-state index in [0.29, 0.717) is 11.3 Å². The number of hydrogen-bond acceptors (Lipinski definition) is 6. The van der Waals surface area contributed by atoms with Gasteiger partial charge in [-0.1, -0.05) is 54.1 Å². The molecule has 0 aliphatic heterocycles. The molecular weight excluding hydrogens is 488 g/mol. The van der Waals surface area contributed by atoms with Crippen LogP contribution in [0.1, 0.15) is 34.8 Å². The molecular formula is C29H28N2O5S. The molecule has 0 radical (unpaired) electrons. The molecule has 3 aromatic carbocycles. The van der Waals surface area contributed by atoms with Gasteiger partial charge in [0.1, 0.15) is 12.1 Å². The first-order valence-electron chi connectivity index (χ1n) is 11.7. The minimum Gasteiger partial charge on any atom is -0.466 e. The number of esters is 1.